The van der Waals surface area contributed by atoms with E-state index in [2.05, 4.69) is 39.6 Å². The molecule has 1 saturated heterocycles. The number of morpholine rings is 1. The average molecular weight is 459 g/mol. The van der Waals surface area contributed by atoms with Crippen molar-refractivity contribution >= 4 is 22.2 Å². The minimum Gasteiger partial charge on any atom is -0.378 e. The van der Waals surface area contributed by atoms with Crippen LogP contribution in [-0.4, -0.2) is 42.0 Å². The van der Waals surface area contributed by atoms with Gasteiger partial charge in [0.25, 0.3) is 5.91 Å². The summed E-state index contributed by atoms with van der Waals surface area (Å²) in [7, 11) is 0. The Morgan fingerprint density at radius 3 is 2.61 bits per heavy atom. The van der Waals surface area contributed by atoms with Gasteiger partial charge in [0.2, 0.25) is 0 Å². The molecule has 1 aliphatic heterocycles. The molecule has 7 heteroatoms. The van der Waals surface area contributed by atoms with Gasteiger partial charge in [-0.05, 0) is 28.8 Å². The molecule has 0 aliphatic carbocycles. The average Bonchev–Trinajstić information content (AvgIpc) is 3.54. The maximum atomic E-state index is 13.1. The van der Waals surface area contributed by atoms with Crippen LogP contribution < -0.4 is 10.2 Å². The van der Waals surface area contributed by atoms with Gasteiger partial charge in [-0.3, -0.25) is 9.48 Å². The van der Waals surface area contributed by atoms with Crippen LogP contribution >= 0.6 is 11.3 Å². The molecule has 2 aromatic heterocycles. The zero-order chi connectivity index (χ0) is 22.5. The second-order valence-electron chi connectivity index (χ2n) is 8.00. The van der Waals surface area contributed by atoms with E-state index in [1.54, 1.807) is 17.5 Å². The Kier molecular flexibility index (Phi) is 6.51. The number of benzene rings is 2. The molecular formula is C26H26N4O2S. The molecule has 4 aromatic rings. The summed E-state index contributed by atoms with van der Waals surface area (Å²) in [5, 5.41) is 8.50. The largest absolute Gasteiger partial charge is 0.378 e. The summed E-state index contributed by atoms with van der Waals surface area (Å²) in [5.74, 6) is -0.0471. The number of rotatable bonds is 7. The van der Waals surface area contributed by atoms with E-state index in [1.807, 2.05) is 53.3 Å². The van der Waals surface area contributed by atoms with E-state index >= 15 is 0 Å². The van der Waals surface area contributed by atoms with Gasteiger partial charge in [-0.15, -0.1) is 11.3 Å². The molecule has 0 spiro atoms. The van der Waals surface area contributed by atoms with Crippen LogP contribution in [0.5, 0.6) is 0 Å². The highest BCUT2D eigenvalue weighted by molar-refractivity contribution is 7.18. The van der Waals surface area contributed by atoms with Gasteiger partial charge in [-0.2, -0.15) is 5.10 Å². The third kappa shape index (κ3) is 5.16. The first-order valence-electron chi connectivity index (χ1n) is 11.1. The van der Waals surface area contributed by atoms with E-state index in [9.17, 15) is 4.79 Å². The lowest BCUT2D eigenvalue weighted by Crippen LogP contribution is -2.35. The van der Waals surface area contributed by atoms with Crippen molar-refractivity contribution in [3.8, 4) is 11.1 Å². The lowest BCUT2D eigenvalue weighted by atomic mass is 10.1. The van der Waals surface area contributed by atoms with Crippen LogP contribution in [0.25, 0.3) is 11.1 Å². The Labute approximate surface area is 197 Å². The monoisotopic (exact) mass is 458 g/mol. The van der Waals surface area contributed by atoms with Crippen molar-refractivity contribution in [2.75, 3.05) is 31.2 Å². The molecule has 1 aliphatic rings. The van der Waals surface area contributed by atoms with Crippen LogP contribution in [0.1, 0.15) is 20.8 Å². The first-order chi connectivity index (χ1) is 16.3. The maximum Gasteiger partial charge on any atom is 0.261 e. The number of thiophene rings is 1. The van der Waals surface area contributed by atoms with Crippen molar-refractivity contribution in [2.24, 2.45) is 0 Å². The van der Waals surface area contributed by atoms with Crippen LogP contribution in [0.4, 0.5) is 5.00 Å². The fraction of sp³-hybridized carbons (Fsp3) is 0.231. The maximum absolute atomic E-state index is 13.1. The van der Waals surface area contributed by atoms with E-state index < -0.39 is 0 Å². The Morgan fingerprint density at radius 2 is 1.82 bits per heavy atom. The standard InChI is InChI=1S/C26H26N4O2S/c31-25(27-18-20-6-4-7-21(16-20)19-30-11-5-10-28-30)24-17-23(22-8-2-1-3-9-22)26(33-24)29-12-14-32-15-13-29/h1-11,16-17H,12-15,18-19H2,(H,27,31). The van der Waals surface area contributed by atoms with E-state index in [0.717, 1.165) is 45.2 Å². The number of hydrogen-bond donors (Lipinski definition) is 1. The number of ether oxygens (including phenoxy) is 1. The molecule has 3 heterocycles. The summed E-state index contributed by atoms with van der Waals surface area (Å²) in [5.41, 5.74) is 4.46. The van der Waals surface area contributed by atoms with Gasteiger partial charge in [-0.25, -0.2) is 0 Å². The number of nitrogens with one attached hydrogen (secondary N) is 1. The molecule has 33 heavy (non-hydrogen) atoms. The summed E-state index contributed by atoms with van der Waals surface area (Å²) in [4.78, 5) is 16.1. The molecule has 1 N–H and O–H groups in total. The molecular weight excluding hydrogens is 432 g/mol. The van der Waals surface area contributed by atoms with E-state index in [4.69, 9.17) is 4.74 Å². The highest BCUT2D eigenvalue weighted by Crippen LogP contribution is 2.39. The fourth-order valence-corrected chi connectivity index (χ4v) is 5.16. The Balaban J connectivity index is 1.32. The zero-order valence-corrected chi connectivity index (χ0v) is 19.1. The third-order valence-corrected chi connectivity index (χ3v) is 6.86. The Morgan fingerprint density at radius 1 is 1.00 bits per heavy atom. The molecule has 5 rings (SSSR count). The fourth-order valence-electron chi connectivity index (χ4n) is 4.01. The SMILES string of the molecule is O=C(NCc1cccc(Cn2cccn2)c1)c1cc(-c2ccccc2)c(N2CCOCC2)s1. The second kappa shape index (κ2) is 10.0. The summed E-state index contributed by atoms with van der Waals surface area (Å²) in [6, 6.07) is 22.5. The molecule has 0 atom stereocenters. The van der Waals surface area contributed by atoms with Gasteiger partial charge in [-0.1, -0.05) is 54.6 Å². The normalized spacial score (nSPS) is 13.8. The predicted molar refractivity (Wildman–Crippen MR) is 132 cm³/mol. The molecule has 6 nitrogen and oxygen atoms in total. The smallest absolute Gasteiger partial charge is 0.261 e. The quantitative estimate of drug-likeness (QED) is 0.445. The molecule has 0 bridgehead atoms. The molecule has 0 unspecified atom stereocenters. The number of aromatic nitrogens is 2. The molecule has 0 saturated carbocycles. The van der Waals surface area contributed by atoms with Crippen molar-refractivity contribution in [3.63, 3.8) is 0 Å². The van der Waals surface area contributed by atoms with Crippen LogP contribution in [0.3, 0.4) is 0 Å². The third-order valence-electron chi connectivity index (χ3n) is 5.67. The second-order valence-corrected chi connectivity index (χ2v) is 9.03. The molecule has 0 radical (unpaired) electrons. The number of carbonyl (C=O) groups is 1. The van der Waals surface area contributed by atoms with Crippen LogP contribution in [0.15, 0.2) is 79.1 Å². The van der Waals surface area contributed by atoms with Gasteiger partial charge < -0.3 is 15.0 Å². The first-order valence-corrected chi connectivity index (χ1v) is 11.9. The Hall–Kier alpha value is -3.42. The van der Waals surface area contributed by atoms with Crippen molar-refractivity contribution in [1.29, 1.82) is 0 Å². The van der Waals surface area contributed by atoms with Crippen molar-refractivity contribution in [3.05, 3.63) is 95.1 Å². The van der Waals surface area contributed by atoms with E-state index in [-0.39, 0.29) is 5.91 Å². The van der Waals surface area contributed by atoms with Crippen LogP contribution in [-0.2, 0) is 17.8 Å². The number of nitrogens with zero attached hydrogens (tertiary/aromatic N) is 3. The number of amides is 1. The van der Waals surface area contributed by atoms with Gasteiger partial charge in [0.05, 0.1) is 29.6 Å². The topological polar surface area (TPSA) is 59.4 Å². The molecule has 1 amide bonds. The molecule has 1 fully saturated rings. The van der Waals surface area contributed by atoms with E-state index in [1.165, 1.54) is 0 Å². The van der Waals surface area contributed by atoms with Crippen molar-refractivity contribution in [2.45, 2.75) is 13.1 Å². The lowest BCUT2D eigenvalue weighted by molar-refractivity contribution is 0.0955. The summed E-state index contributed by atoms with van der Waals surface area (Å²) in [6.07, 6.45) is 3.72. The molecule has 168 valence electrons. The number of hydrogen-bond acceptors (Lipinski definition) is 5. The lowest BCUT2D eigenvalue weighted by Gasteiger charge is -2.28. The van der Waals surface area contributed by atoms with Gasteiger partial charge in [0.1, 0.15) is 0 Å². The number of anilines is 1. The van der Waals surface area contributed by atoms with Gasteiger partial charge in [0.15, 0.2) is 0 Å². The highest BCUT2D eigenvalue weighted by atomic mass is 32.1. The van der Waals surface area contributed by atoms with E-state index in [0.29, 0.717) is 26.3 Å². The van der Waals surface area contributed by atoms with Crippen LogP contribution in [0.2, 0.25) is 0 Å². The van der Waals surface area contributed by atoms with Crippen molar-refractivity contribution in [1.82, 2.24) is 15.1 Å². The number of carbonyl (C=O) groups excluding carboxylic acids is 1. The highest BCUT2D eigenvalue weighted by Gasteiger charge is 2.21. The Bertz CT molecular complexity index is 1200. The van der Waals surface area contributed by atoms with Gasteiger partial charge in [0, 0.05) is 37.6 Å². The first kappa shape index (κ1) is 21.4. The minimum atomic E-state index is -0.0471. The zero-order valence-electron chi connectivity index (χ0n) is 18.3. The summed E-state index contributed by atoms with van der Waals surface area (Å²) >= 11 is 1.56. The van der Waals surface area contributed by atoms with Crippen molar-refractivity contribution < 1.29 is 9.53 Å². The minimum absolute atomic E-state index is 0.0471. The van der Waals surface area contributed by atoms with Crippen LogP contribution in [0, 0.1) is 0 Å². The predicted octanol–water partition coefficient (Wildman–Crippen LogP) is 4.43. The van der Waals surface area contributed by atoms with Gasteiger partial charge >= 0.3 is 0 Å². The molecule has 2 aromatic carbocycles. The summed E-state index contributed by atoms with van der Waals surface area (Å²) < 4.78 is 7.42. The summed E-state index contributed by atoms with van der Waals surface area (Å²) in [6.45, 7) is 4.29.